The summed E-state index contributed by atoms with van der Waals surface area (Å²) < 4.78 is 0. The van der Waals surface area contributed by atoms with Gasteiger partial charge in [0.1, 0.15) is 11.5 Å². The zero-order valence-electron chi connectivity index (χ0n) is 16.5. The monoisotopic (exact) mass is 390 g/mol. The Hall–Kier alpha value is -3.78. The van der Waals surface area contributed by atoms with Crippen LogP contribution < -0.4 is 0 Å². The fourth-order valence-electron chi connectivity index (χ4n) is 4.04. The van der Waals surface area contributed by atoms with E-state index in [4.69, 9.17) is 0 Å². The summed E-state index contributed by atoms with van der Waals surface area (Å²) in [5, 5.41) is 24.4. The maximum atomic E-state index is 10.4. The van der Waals surface area contributed by atoms with Crippen molar-refractivity contribution in [1.82, 2.24) is 0 Å². The number of hydrogen-bond donors (Lipinski definition) is 2. The Bertz CT molecular complexity index is 1350. The molecular weight excluding hydrogens is 368 g/mol. The molecule has 0 saturated heterocycles. The molecular formula is C28H22O2. The van der Waals surface area contributed by atoms with Crippen LogP contribution in [-0.4, -0.2) is 10.2 Å². The normalized spacial score (nSPS) is 11.2. The van der Waals surface area contributed by atoms with E-state index in [0.717, 1.165) is 33.5 Å². The first-order valence-electron chi connectivity index (χ1n) is 10.1. The molecule has 0 spiro atoms. The van der Waals surface area contributed by atoms with Crippen LogP contribution >= 0.6 is 0 Å². The van der Waals surface area contributed by atoms with Gasteiger partial charge in [-0.1, -0.05) is 72.8 Å². The van der Waals surface area contributed by atoms with Crippen molar-refractivity contribution in [2.24, 2.45) is 0 Å². The van der Waals surface area contributed by atoms with Crippen molar-refractivity contribution < 1.29 is 10.2 Å². The van der Waals surface area contributed by atoms with Gasteiger partial charge in [0.2, 0.25) is 0 Å². The SMILES string of the molecule is Oc1ccc2cc(Cc3ccc(Cc4cc5ccccc5cc4O)cc3)ccc2c1. The van der Waals surface area contributed by atoms with Crippen LogP contribution in [0.4, 0.5) is 0 Å². The van der Waals surface area contributed by atoms with Gasteiger partial charge in [-0.3, -0.25) is 0 Å². The van der Waals surface area contributed by atoms with Crippen molar-refractivity contribution in [3.63, 3.8) is 0 Å². The lowest BCUT2D eigenvalue weighted by Gasteiger charge is -2.09. The molecule has 0 bridgehead atoms. The summed E-state index contributed by atoms with van der Waals surface area (Å²) in [5.41, 5.74) is 4.62. The summed E-state index contributed by atoms with van der Waals surface area (Å²) in [7, 11) is 0. The van der Waals surface area contributed by atoms with Crippen molar-refractivity contribution in [2.75, 3.05) is 0 Å². The van der Waals surface area contributed by atoms with E-state index in [2.05, 4.69) is 54.6 Å². The van der Waals surface area contributed by atoms with Crippen molar-refractivity contribution in [3.8, 4) is 11.5 Å². The van der Waals surface area contributed by atoms with Gasteiger partial charge in [0.15, 0.2) is 0 Å². The van der Waals surface area contributed by atoms with E-state index in [1.54, 1.807) is 12.1 Å². The Morgan fingerprint density at radius 1 is 0.467 bits per heavy atom. The van der Waals surface area contributed by atoms with Crippen LogP contribution in [0.2, 0.25) is 0 Å². The molecule has 146 valence electrons. The lowest BCUT2D eigenvalue weighted by atomic mass is 9.97. The van der Waals surface area contributed by atoms with Gasteiger partial charge in [-0.05, 0) is 74.5 Å². The highest BCUT2D eigenvalue weighted by molar-refractivity contribution is 5.85. The number of phenolic OH excluding ortho intramolecular Hbond substituents is 2. The quantitative estimate of drug-likeness (QED) is 0.364. The first-order chi connectivity index (χ1) is 14.6. The Balaban J connectivity index is 1.34. The molecule has 0 amide bonds. The predicted octanol–water partition coefficient (Wildman–Crippen LogP) is 6.59. The summed E-state index contributed by atoms with van der Waals surface area (Å²) in [4.78, 5) is 0. The molecule has 0 atom stereocenters. The summed E-state index contributed by atoms with van der Waals surface area (Å²) in [6.07, 6.45) is 1.56. The number of hydrogen-bond acceptors (Lipinski definition) is 2. The topological polar surface area (TPSA) is 40.5 Å². The van der Waals surface area contributed by atoms with Gasteiger partial charge in [0.25, 0.3) is 0 Å². The third kappa shape index (κ3) is 3.72. The molecule has 2 heteroatoms. The lowest BCUT2D eigenvalue weighted by molar-refractivity contribution is 0.470. The number of phenols is 2. The first-order valence-corrected chi connectivity index (χ1v) is 10.1. The fourth-order valence-corrected chi connectivity index (χ4v) is 4.04. The number of benzene rings is 5. The van der Waals surface area contributed by atoms with Crippen LogP contribution in [-0.2, 0) is 12.8 Å². The van der Waals surface area contributed by atoms with E-state index >= 15 is 0 Å². The maximum absolute atomic E-state index is 10.4. The van der Waals surface area contributed by atoms with Crippen LogP contribution in [0.5, 0.6) is 11.5 Å². The fraction of sp³-hybridized carbons (Fsp3) is 0.0714. The molecule has 30 heavy (non-hydrogen) atoms. The van der Waals surface area contributed by atoms with Crippen LogP contribution in [0.1, 0.15) is 22.3 Å². The highest BCUT2D eigenvalue weighted by atomic mass is 16.3. The van der Waals surface area contributed by atoms with E-state index < -0.39 is 0 Å². The van der Waals surface area contributed by atoms with Gasteiger partial charge < -0.3 is 10.2 Å². The molecule has 0 aromatic heterocycles. The van der Waals surface area contributed by atoms with Crippen LogP contribution in [0, 0.1) is 0 Å². The largest absolute Gasteiger partial charge is 0.508 e. The Kier molecular flexibility index (Phi) is 4.61. The Morgan fingerprint density at radius 3 is 1.80 bits per heavy atom. The Labute approximate surface area is 175 Å². The van der Waals surface area contributed by atoms with E-state index in [1.165, 1.54) is 16.7 Å². The number of rotatable bonds is 4. The van der Waals surface area contributed by atoms with Crippen molar-refractivity contribution in [1.29, 1.82) is 0 Å². The van der Waals surface area contributed by atoms with Crippen molar-refractivity contribution in [3.05, 3.63) is 119 Å². The number of aromatic hydroxyl groups is 2. The third-order valence-electron chi connectivity index (χ3n) is 5.66. The predicted molar refractivity (Wildman–Crippen MR) is 123 cm³/mol. The molecule has 0 fully saturated rings. The van der Waals surface area contributed by atoms with Crippen LogP contribution in [0.3, 0.4) is 0 Å². The zero-order chi connectivity index (χ0) is 20.5. The van der Waals surface area contributed by atoms with Crippen LogP contribution in [0.25, 0.3) is 21.5 Å². The zero-order valence-corrected chi connectivity index (χ0v) is 16.5. The summed E-state index contributed by atoms with van der Waals surface area (Å²) in [5.74, 6) is 0.642. The molecule has 0 aliphatic heterocycles. The molecule has 0 unspecified atom stereocenters. The summed E-state index contributed by atoms with van der Waals surface area (Å²) in [6, 6.07) is 32.4. The summed E-state index contributed by atoms with van der Waals surface area (Å²) >= 11 is 0. The highest BCUT2D eigenvalue weighted by Crippen LogP contribution is 2.27. The van der Waals surface area contributed by atoms with E-state index in [-0.39, 0.29) is 0 Å². The van der Waals surface area contributed by atoms with Gasteiger partial charge in [-0.25, -0.2) is 0 Å². The molecule has 0 saturated carbocycles. The molecule has 2 N–H and O–H groups in total. The molecule has 0 aliphatic carbocycles. The van der Waals surface area contributed by atoms with Crippen LogP contribution in [0.15, 0.2) is 97.1 Å². The molecule has 0 aliphatic rings. The molecule has 5 aromatic carbocycles. The van der Waals surface area contributed by atoms with Gasteiger partial charge in [-0.15, -0.1) is 0 Å². The van der Waals surface area contributed by atoms with E-state index in [0.29, 0.717) is 17.9 Å². The molecule has 5 aromatic rings. The highest BCUT2D eigenvalue weighted by Gasteiger charge is 2.06. The van der Waals surface area contributed by atoms with Gasteiger partial charge in [0, 0.05) is 6.42 Å². The second kappa shape index (κ2) is 7.57. The standard InChI is InChI=1S/C28H22O2/c29-27-12-11-24-15-21(9-10-25(24)17-27)13-19-5-7-20(8-6-19)14-26-16-22-3-1-2-4-23(22)18-28(26)30/h1-12,15-18,29-30H,13-14H2. The molecule has 2 nitrogen and oxygen atoms in total. The van der Waals surface area contributed by atoms with Crippen molar-refractivity contribution >= 4 is 21.5 Å². The minimum absolute atomic E-state index is 0.295. The lowest BCUT2D eigenvalue weighted by Crippen LogP contribution is -1.92. The molecule has 0 radical (unpaired) electrons. The summed E-state index contributed by atoms with van der Waals surface area (Å²) in [6.45, 7) is 0. The molecule has 5 rings (SSSR count). The maximum Gasteiger partial charge on any atom is 0.119 e. The van der Waals surface area contributed by atoms with E-state index in [1.807, 2.05) is 30.3 Å². The number of fused-ring (bicyclic) bond motifs is 2. The van der Waals surface area contributed by atoms with Gasteiger partial charge >= 0.3 is 0 Å². The average molecular weight is 390 g/mol. The third-order valence-corrected chi connectivity index (χ3v) is 5.66. The minimum Gasteiger partial charge on any atom is -0.508 e. The van der Waals surface area contributed by atoms with Crippen molar-refractivity contribution in [2.45, 2.75) is 12.8 Å². The van der Waals surface area contributed by atoms with E-state index in [9.17, 15) is 10.2 Å². The van der Waals surface area contributed by atoms with Gasteiger partial charge in [-0.2, -0.15) is 0 Å². The Morgan fingerprint density at radius 2 is 1.03 bits per heavy atom. The second-order valence-electron chi connectivity index (χ2n) is 7.86. The molecule has 0 heterocycles. The average Bonchev–Trinajstić information content (AvgIpc) is 2.76. The smallest absolute Gasteiger partial charge is 0.119 e. The van der Waals surface area contributed by atoms with Gasteiger partial charge in [0.05, 0.1) is 0 Å². The minimum atomic E-state index is 0.295. The first kappa shape index (κ1) is 18.3. The second-order valence-corrected chi connectivity index (χ2v) is 7.86.